The minimum atomic E-state index is 1.12. The van der Waals surface area contributed by atoms with Crippen LogP contribution in [-0.4, -0.2) is 4.57 Å². The van der Waals surface area contributed by atoms with E-state index in [9.17, 15) is 0 Å². The number of aromatic nitrogens is 1. The third-order valence-electron chi connectivity index (χ3n) is 10.9. The minimum absolute atomic E-state index is 1.12. The lowest BCUT2D eigenvalue weighted by molar-refractivity contribution is 1.18. The Labute approximate surface area is 302 Å². The van der Waals surface area contributed by atoms with E-state index in [1.165, 1.54) is 82.4 Å². The van der Waals surface area contributed by atoms with Crippen LogP contribution in [0.1, 0.15) is 0 Å². The van der Waals surface area contributed by atoms with Crippen molar-refractivity contribution in [2.45, 2.75) is 0 Å². The van der Waals surface area contributed by atoms with Gasteiger partial charge in [-0.05, 0) is 110 Å². The second kappa shape index (κ2) is 11.3. The van der Waals surface area contributed by atoms with Crippen molar-refractivity contribution in [1.29, 1.82) is 0 Å². The van der Waals surface area contributed by atoms with Crippen molar-refractivity contribution in [3.05, 3.63) is 194 Å². The number of para-hydroxylation sites is 3. The van der Waals surface area contributed by atoms with Gasteiger partial charge in [-0.15, -0.1) is 0 Å². The van der Waals surface area contributed by atoms with Crippen LogP contribution in [0.15, 0.2) is 194 Å². The monoisotopic (exact) mass is 660 g/mol. The third kappa shape index (κ3) is 4.25. The van der Waals surface area contributed by atoms with E-state index >= 15 is 0 Å². The Morgan fingerprint density at radius 3 is 1.88 bits per heavy atom. The van der Waals surface area contributed by atoms with Gasteiger partial charge in [0, 0.05) is 33.4 Å². The smallest absolute Gasteiger partial charge is 0.0542 e. The molecule has 0 radical (unpaired) electrons. The molecule has 1 aliphatic carbocycles. The van der Waals surface area contributed by atoms with Gasteiger partial charge in [-0.2, -0.15) is 0 Å². The number of anilines is 3. The lowest BCUT2D eigenvalue weighted by atomic mass is 9.95. The Kier molecular flexibility index (Phi) is 6.28. The van der Waals surface area contributed by atoms with Gasteiger partial charge in [-0.25, -0.2) is 0 Å². The van der Waals surface area contributed by atoms with Crippen LogP contribution < -0.4 is 4.90 Å². The van der Waals surface area contributed by atoms with Crippen molar-refractivity contribution in [2.75, 3.05) is 4.90 Å². The summed E-state index contributed by atoms with van der Waals surface area (Å²) in [6.45, 7) is 0. The fourth-order valence-electron chi connectivity index (χ4n) is 8.65. The summed E-state index contributed by atoms with van der Waals surface area (Å²) in [6.07, 6.45) is 0. The molecule has 52 heavy (non-hydrogen) atoms. The van der Waals surface area contributed by atoms with E-state index < -0.39 is 0 Å². The summed E-state index contributed by atoms with van der Waals surface area (Å²) in [5.41, 5.74) is 14.6. The first-order valence-corrected chi connectivity index (χ1v) is 17.9. The Morgan fingerprint density at radius 2 is 1.00 bits per heavy atom. The van der Waals surface area contributed by atoms with Crippen molar-refractivity contribution in [3.63, 3.8) is 0 Å². The van der Waals surface area contributed by atoms with E-state index in [0.29, 0.717) is 0 Å². The SMILES string of the molecule is c1ccc(-c2ccccc2-n2c3ccccc3c3cc(N(c4ccccc4)c4ccc5c(c4)-c4c6ccccc6cc6cccc-5c46)ccc32)cc1. The summed E-state index contributed by atoms with van der Waals surface area (Å²) in [7, 11) is 0. The molecule has 0 unspecified atom stereocenters. The largest absolute Gasteiger partial charge is 0.310 e. The quantitative estimate of drug-likeness (QED) is 0.167. The zero-order valence-electron chi connectivity index (χ0n) is 28.4. The summed E-state index contributed by atoms with van der Waals surface area (Å²) in [6, 6.07) is 70.9. The topological polar surface area (TPSA) is 8.17 Å². The number of benzene rings is 9. The number of rotatable bonds is 5. The molecule has 2 nitrogen and oxygen atoms in total. The van der Waals surface area contributed by atoms with Crippen LogP contribution in [0.4, 0.5) is 17.1 Å². The predicted octanol–water partition coefficient (Wildman–Crippen LogP) is 13.9. The molecule has 0 spiro atoms. The average Bonchev–Trinajstić information content (AvgIpc) is 3.72. The van der Waals surface area contributed by atoms with Crippen molar-refractivity contribution in [3.8, 4) is 39.1 Å². The summed E-state index contributed by atoms with van der Waals surface area (Å²) in [5, 5.41) is 7.67. The highest BCUT2D eigenvalue weighted by atomic mass is 15.1. The molecule has 1 heterocycles. The van der Waals surface area contributed by atoms with E-state index in [4.69, 9.17) is 0 Å². The third-order valence-corrected chi connectivity index (χ3v) is 10.9. The van der Waals surface area contributed by atoms with Gasteiger partial charge >= 0.3 is 0 Å². The molecule has 0 saturated heterocycles. The molecule has 0 fully saturated rings. The molecule has 1 aliphatic rings. The Balaban J connectivity index is 1.14. The lowest BCUT2D eigenvalue weighted by Gasteiger charge is -2.26. The van der Waals surface area contributed by atoms with E-state index in [1.807, 2.05) is 0 Å². The highest BCUT2D eigenvalue weighted by molar-refractivity contribution is 6.24. The van der Waals surface area contributed by atoms with E-state index in [-0.39, 0.29) is 0 Å². The van der Waals surface area contributed by atoms with E-state index in [2.05, 4.69) is 204 Å². The van der Waals surface area contributed by atoms with Crippen LogP contribution in [0.2, 0.25) is 0 Å². The Bertz CT molecular complexity index is 3010. The minimum Gasteiger partial charge on any atom is -0.310 e. The van der Waals surface area contributed by atoms with Gasteiger partial charge in [-0.3, -0.25) is 0 Å². The molecular weight excluding hydrogens is 629 g/mol. The van der Waals surface area contributed by atoms with Gasteiger partial charge < -0.3 is 9.47 Å². The molecule has 0 amide bonds. The van der Waals surface area contributed by atoms with Gasteiger partial charge in [-0.1, -0.05) is 133 Å². The Morgan fingerprint density at radius 1 is 0.346 bits per heavy atom. The molecule has 11 rings (SSSR count). The summed E-state index contributed by atoms with van der Waals surface area (Å²) < 4.78 is 2.43. The average molecular weight is 661 g/mol. The molecule has 9 aromatic carbocycles. The predicted molar refractivity (Wildman–Crippen MR) is 220 cm³/mol. The normalized spacial score (nSPS) is 11.8. The second-order valence-corrected chi connectivity index (χ2v) is 13.7. The maximum Gasteiger partial charge on any atom is 0.0542 e. The molecule has 1 aromatic heterocycles. The van der Waals surface area contributed by atoms with E-state index in [1.54, 1.807) is 0 Å². The molecule has 10 aromatic rings. The number of hydrogen-bond acceptors (Lipinski definition) is 1. The zero-order valence-corrected chi connectivity index (χ0v) is 28.4. The molecule has 0 aliphatic heterocycles. The number of fused-ring (bicyclic) bond motifs is 8. The highest BCUT2D eigenvalue weighted by Gasteiger charge is 2.26. The molecular formula is C50H32N2. The fraction of sp³-hybridized carbons (Fsp3) is 0. The van der Waals surface area contributed by atoms with Crippen molar-refractivity contribution in [1.82, 2.24) is 4.57 Å². The maximum absolute atomic E-state index is 2.43. The first-order chi connectivity index (χ1) is 25.8. The Hall–Kier alpha value is -6.90. The van der Waals surface area contributed by atoms with Crippen LogP contribution in [-0.2, 0) is 0 Å². The first-order valence-electron chi connectivity index (χ1n) is 17.9. The molecule has 0 atom stereocenters. The number of hydrogen-bond donors (Lipinski definition) is 0. The lowest BCUT2D eigenvalue weighted by Crippen LogP contribution is -2.10. The van der Waals surface area contributed by atoms with Crippen LogP contribution in [0.3, 0.4) is 0 Å². The molecule has 2 heteroatoms. The van der Waals surface area contributed by atoms with Gasteiger partial charge in [0.25, 0.3) is 0 Å². The first kappa shape index (κ1) is 28.9. The standard InChI is InChI=1S/C50H32N2/c1-3-14-33(15-4-1)39-20-9-11-24-46(39)52-47-25-12-10-22-42(47)44-31-38(27-29-48(44)52)51(36-18-5-2-6-19-36)37-26-28-41-43-23-13-17-35-30-34-16-7-8-21-40(34)50(49(35)43)45(41)32-37/h1-32H. The van der Waals surface area contributed by atoms with Gasteiger partial charge in [0.15, 0.2) is 0 Å². The van der Waals surface area contributed by atoms with Crippen LogP contribution in [0.25, 0.3) is 82.4 Å². The van der Waals surface area contributed by atoms with Crippen LogP contribution in [0, 0.1) is 0 Å². The fourth-order valence-corrected chi connectivity index (χ4v) is 8.65. The summed E-state index contributed by atoms with van der Waals surface area (Å²) in [5.74, 6) is 0. The van der Waals surface area contributed by atoms with E-state index in [0.717, 1.165) is 17.1 Å². The van der Waals surface area contributed by atoms with Crippen LogP contribution >= 0.6 is 0 Å². The molecule has 242 valence electrons. The molecule has 0 bridgehead atoms. The van der Waals surface area contributed by atoms with Crippen LogP contribution in [0.5, 0.6) is 0 Å². The molecule has 0 saturated carbocycles. The van der Waals surface area contributed by atoms with Crippen molar-refractivity contribution >= 4 is 60.4 Å². The molecule has 0 N–H and O–H groups in total. The zero-order chi connectivity index (χ0) is 34.2. The van der Waals surface area contributed by atoms with Crippen molar-refractivity contribution in [2.24, 2.45) is 0 Å². The summed E-state index contributed by atoms with van der Waals surface area (Å²) >= 11 is 0. The van der Waals surface area contributed by atoms with Gasteiger partial charge in [0.1, 0.15) is 0 Å². The van der Waals surface area contributed by atoms with Gasteiger partial charge in [0.05, 0.1) is 16.7 Å². The summed E-state index contributed by atoms with van der Waals surface area (Å²) in [4.78, 5) is 2.41. The van der Waals surface area contributed by atoms with Crippen molar-refractivity contribution < 1.29 is 0 Å². The highest BCUT2D eigenvalue weighted by Crippen LogP contribution is 2.52. The maximum atomic E-state index is 2.43. The second-order valence-electron chi connectivity index (χ2n) is 13.7. The number of nitrogens with zero attached hydrogens (tertiary/aromatic N) is 2. The van der Waals surface area contributed by atoms with Gasteiger partial charge in [0.2, 0.25) is 0 Å².